The minimum Gasteiger partial charge on any atom is -0.409 e. The van der Waals surface area contributed by atoms with Gasteiger partial charge in [0.25, 0.3) is 4.84 Å². The monoisotopic (exact) mass is 451 g/mol. The number of carbonyl (C=O) groups excluding carboxylic acids is 1. The lowest BCUT2D eigenvalue weighted by atomic mass is 10.1. The highest BCUT2D eigenvalue weighted by atomic mass is 32.1. The van der Waals surface area contributed by atoms with Crippen molar-refractivity contribution in [2.45, 2.75) is 27.4 Å². The van der Waals surface area contributed by atoms with Gasteiger partial charge in [0.1, 0.15) is 0 Å². The Balaban J connectivity index is 1.30. The third-order valence-corrected chi connectivity index (χ3v) is 6.32. The standard InChI is InChI=1S/C24H29N5O2S/c1-17-8-6-10-21(19(17)3)25-22(30)15-27-11-13-28(14-12-27)16-29-24(32)31-23(26-29)20-9-5-4-7-18(20)2/h4-10H,11-16H2,1-3H3,(H,25,30). The molecule has 1 saturated heterocycles. The lowest BCUT2D eigenvalue weighted by Crippen LogP contribution is -2.49. The van der Waals surface area contributed by atoms with Gasteiger partial charge in [-0.1, -0.05) is 30.3 Å². The van der Waals surface area contributed by atoms with E-state index in [1.807, 2.05) is 50.2 Å². The zero-order valence-electron chi connectivity index (χ0n) is 18.8. The van der Waals surface area contributed by atoms with Crippen LogP contribution in [0.4, 0.5) is 5.69 Å². The summed E-state index contributed by atoms with van der Waals surface area (Å²) in [6, 6.07) is 13.9. The highest BCUT2D eigenvalue weighted by molar-refractivity contribution is 7.71. The number of piperazine rings is 1. The fraction of sp³-hybridized carbons (Fsp3) is 0.375. The topological polar surface area (TPSA) is 66.5 Å². The van der Waals surface area contributed by atoms with E-state index in [1.54, 1.807) is 4.68 Å². The van der Waals surface area contributed by atoms with Crippen LogP contribution >= 0.6 is 12.2 Å². The molecule has 1 aromatic heterocycles. The second-order valence-electron chi connectivity index (χ2n) is 8.32. The van der Waals surface area contributed by atoms with Crippen molar-refractivity contribution in [3.05, 3.63) is 64.0 Å². The summed E-state index contributed by atoms with van der Waals surface area (Å²) in [5.74, 6) is 0.573. The Bertz CT molecular complexity index is 1160. The Kier molecular flexibility index (Phi) is 6.83. The van der Waals surface area contributed by atoms with Gasteiger partial charge in [-0.2, -0.15) is 0 Å². The molecule has 2 aromatic carbocycles. The molecule has 0 aliphatic carbocycles. The third-order valence-electron chi connectivity index (χ3n) is 6.03. The molecule has 0 unspecified atom stereocenters. The Morgan fingerprint density at radius 1 is 1.00 bits per heavy atom. The van der Waals surface area contributed by atoms with Crippen molar-refractivity contribution < 1.29 is 9.21 Å². The van der Waals surface area contributed by atoms with E-state index in [9.17, 15) is 4.79 Å². The smallest absolute Gasteiger partial charge is 0.288 e. The van der Waals surface area contributed by atoms with E-state index in [4.69, 9.17) is 16.6 Å². The summed E-state index contributed by atoms with van der Waals surface area (Å²) in [4.78, 5) is 17.3. The molecular weight excluding hydrogens is 422 g/mol. The molecule has 1 amide bonds. The normalized spacial score (nSPS) is 15.1. The maximum Gasteiger partial charge on any atom is 0.288 e. The number of amides is 1. The van der Waals surface area contributed by atoms with Gasteiger partial charge in [-0.3, -0.25) is 14.6 Å². The number of carbonyl (C=O) groups is 1. The van der Waals surface area contributed by atoms with Gasteiger partial charge in [0.2, 0.25) is 11.8 Å². The molecule has 0 spiro atoms. The maximum absolute atomic E-state index is 12.5. The first-order valence-electron chi connectivity index (χ1n) is 10.9. The summed E-state index contributed by atoms with van der Waals surface area (Å²) in [5.41, 5.74) is 5.23. The molecule has 0 saturated carbocycles. The van der Waals surface area contributed by atoms with Gasteiger partial charge in [0.05, 0.1) is 13.2 Å². The van der Waals surface area contributed by atoms with Gasteiger partial charge < -0.3 is 9.73 Å². The summed E-state index contributed by atoms with van der Waals surface area (Å²) in [6.07, 6.45) is 0. The summed E-state index contributed by atoms with van der Waals surface area (Å²) in [7, 11) is 0. The maximum atomic E-state index is 12.5. The number of benzene rings is 2. The average Bonchev–Trinajstić information content (AvgIpc) is 3.13. The first-order chi connectivity index (χ1) is 15.4. The van der Waals surface area contributed by atoms with Gasteiger partial charge in [0, 0.05) is 37.4 Å². The molecule has 4 rings (SSSR count). The molecule has 8 heteroatoms. The number of rotatable bonds is 6. The van der Waals surface area contributed by atoms with E-state index < -0.39 is 0 Å². The Morgan fingerprint density at radius 2 is 1.69 bits per heavy atom. The fourth-order valence-corrected chi connectivity index (χ4v) is 4.05. The predicted molar refractivity (Wildman–Crippen MR) is 128 cm³/mol. The zero-order valence-corrected chi connectivity index (χ0v) is 19.6. The zero-order chi connectivity index (χ0) is 22.7. The van der Waals surface area contributed by atoms with Crippen LogP contribution in [0.5, 0.6) is 0 Å². The van der Waals surface area contributed by atoms with Crippen LogP contribution in [0, 0.1) is 25.6 Å². The van der Waals surface area contributed by atoms with Crippen molar-refractivity contribution >= 4 is 23.8 Å². The van der Waals surface area contributed by atoms with Crippen LogP contribution < -0.4 is 5.32 Å². The van der Waals surface area contributed by atoms with Crippen molar-refractivity contribution in [3.63, 3.8) is 0 Å². The third kappa shape index (κ3) is 5.15. The molecular formula is C24H29N5O2S. The minimum atomic E-state index is 0.0220. The number of aryl methyl sites for hydroxylation is 2. The molecule has 32 heavy (non-hydrogen) atoms. The molecule has 3 aromatic rings. The highest BCUT2D eigenvalue weighted by Crippen LogP contribution is 2.22. The first kappa shape index (κ1) is 22.4. The van der Waals surface area contributed by atoms with E-state index in [-0.39, 0.29) is 5.91 Å². The second-order valence-corrected chi connectivity index (χ2v) is 8.67. The highest BCUT2D eigenvalue weighted by Gasteiger charge is 2.21. The van der Waals surface area contributed by atoms with Gasteiger partial charge in [-0.15, -0.1) is 5.10 Å². The molecule has 1 N–H and O–H groups in total. The number of nitrogens with zero attached hydrogens (tertiary/aromatic N) is 4. The largest absolute Gasteiger partial charge is 0.409 e. The van der Waals surface area contributed by atoms with Crippen LogP contribution in [0.2, 0.25) is 0 Å². The van der Waals surface area contributed by atoms with Crippen LogP contribution in [0.3, 0.4) is 0 Å². The minimum absolute atomic E-state index is 0.0220. The molecule has 0 bridgehead atoms. The average molecular weight is 452 g/mol. The van der Waals surface area contributed by atoms with Crippen LogP contribution in [0.1, 0.15) is 16.7 Å². The summed E-state index contributed by atoms with van der Waals surface area (Å²) in [5, 5.41) is 7.64. The van der Waals surface area contributed by atoms with E-state index in [0.717, 1.165) is 48.6 Å². The molecule has 1 aliphatic heterocycles. The van der Waals surface area contributed by atoms with Crippen LogP contribution in [-0.4, -0.2) is 58.2 Å². The van der Waals surface area contributed by atoms with Crippen LogP contribution in [0.25, 0.3) is 11.5 Å². The molecule has 0 atom stereocenters. The number of hydrogen-bond acceptors (Lipinski definition) is 6. The number of nitrogens with one attached hydrogen (secondary N) is 1. The van der Waals surface area contributed by atoms with Crippen molar-refractivity contribution in [1.29, 1.82) is 0 Å². The lowest BCUT2D eigenvalue weighted by molar-refractivity contribution is -0.117. The summed E-state index contributed by atoms with van der Waals surface area (Å²) >= 11 is 5.39. The van der Waals surface area contributed by atoms with E-state index in [0.29, 0.717) is 23.9 Å². The number of aromatic nitrogens is 2. The van der Waals surface area contributed by atoms with E-state index >= 15 is 0 Å². The van der Waals surface area contributed by atoms with Crippen LogP contribution in [-0.2, 0) is 11.5 Å². The Morgan fingerprint density at radius 3 is 2.44 bits per heavy atom. The molecule has 2 heterocycles. The number of anilines is 1. The summed E-state index contributed by atoms with van der Waals surface area (Å²) < 4.78 is 7.48. The predicted octanol–water partition coefficient (Wildman–Crippen LogP) is 4.01. The molecule has 0 radical (unpaired) electrons. The van der Waals surface area contributed by atoms with Crippen molar-refractivity contribution in [2.24, 2.45) is 0 Å². The quantitative estimate of drug-likeness (QED) is 0.571. The van der Waals surface area contributed by atoms with E-state index in [2.05, 4.69) is 33.2 Å². The summed E-state index contributed by atoms with van der Waals surface area (Å²) in [6.45, 7) is 10.4. The van der Waals surface area contributed by atoms with Crippen LogP contribution in [0.15, 0.2) is 46.9 Å². The van der Waals surface area contributed by atoms with E-state index in [1.165, 1.54) is 5.56 Å². The Hall–Kier alpha value is -2.81. The van der Waals surface area contributed by atoms with Gasteiger partial charge in [-0.05, 0) is 61.8 Å². The van der Waals surface area contributed by atoms with Crippen molar-refractivity contribution in [2.75, 3.05) is 38.0 Å². The van der Waals surface area contributed by atoms with Gasteiger partial charge >= 0.3 is 0 Å². The SMILES string of the molecule is Cc1ccccc1-c1nn(CN2CCN(CC(=O)Nc3cccc(C)c3C)CC2)c(=S)o1. The first-order valence-corrected chi connectivity index (χ1v) is 11.3. The number of hydrogen-bond donors (Lipinski definition) is 1. The Labute approximate surface area is 193 Å². The van der Waals surface area contributed by atoms with Crippen molar-refractivity contribution in [1.82, 2.24) is 19.6 Å². The molecule has 1 aliphatic rings. The fourth-order valence-electron chi connectivity index (χ4n) is 3.87. The second kappa shape index (κ2) is 9.77. The van der Waals surface area contributed by atoms with Gasteiger partial charge in [0.15, 0.2) is 0 Å². The van der Waals surface area contributed by atoms with Crippen molar-refractivity contribution in [3.8, 4) is 11.5 Å². The molecule has 1 fully saturated rings. The lowest BCUT2D eigenvalue weighted by Gasteiger charge is -2.33. The molecule has 7 nitrogen and oxygen atoms in total. The van der Waals surface area contributed by atoms with Gasteiger partial charge in [-0.25, -0.2) is 4.68 Å². The molecule has 168 valence electrons.